The van der Waals surface area contributed by atoms with Crippen molar-refractivity contribution in [2.75, 3.05) is 58.9 Å². The van der Waals surface area contributed by atoms with Crippen LogP contribution in [0.3, 0.4) is 0 Å². The van der Waals surface area contributed by atoms with E-state index < -0.39 is 10.0 Å². The fourth-order valence-electron chi connectivity index (χ4n) is 4.36. The maximum Gasteiger partial charge on any atom is 0.252 e. The van der Waals surface area contributed by atoms with Gasteiger partial charge in [0.05, 0.1) is 6.54 Å². The van der Waals surface area contributed by atoms with Gasteiger partial charge in [0.25, 0.3) is 10.0 Å². The molecule has 0 radical (unpaired) electrons. The predicted molar refractivity (Wildman–Crippen MR) is 121 cm³/mol. The number of amides is 2. The molecule has 2 amide bonds. The second-order valence-corrected chi connectivity index (χ2v) is 11.2. The molecule has 3 rings (SSSR count). The Labute approximate surface area is 189 Å². The third kappa shape index (κ3) is 5.85. The smallest absolute Gasteiger partial charge is 0.252 e. The summed E-state index contributed by atoms with van der Waals surface area (Å²) in [4.78, 5) is 31.4. The Bertz CT molecular complexity index is 832. The number of carbonyl (C=O) groups is 2. The van der Waals surface area contributed by atoms with Gasteiger partial charge in [0.1, 0.15) is 4.21 Å². The van der Waals surface area contributed by atoms with Crippen LogP contribution in [0.2, 0.25) is 0 Å². The van der Waals surface area contributed by atoms with Crippen LogP contribution in [0.4, 0.5) is 0 Å². The van der Waals surface area contributed by atoms with E-state index in [1.807, 2.05) is 23.6 Å². The zero-order valence-corrected chi connectivity index (χ0v) is 20.2. The molecular formula is C21H34N4O4S2. The van der Waals surface area contributed by atoms with Gasteiger partial charge in [0.15, 0.2) is 0 Å². The van der Waals surface area contributed by atoms with Crippen LogP contribution in [0.15, 0.2) is 21.7 Å². The van der Waals surface area contributed by atoms with E-state index in [1.54, 1.807) is 17.5 Å². The SMILES string of the molecule is CCN(CC)C(=O)CN1CCCN(C(=O)C2CCN(S(=O)(=O)c3cccs3)CC2)CC1. The Morgan fingerprint density at radius 3 is 2.39 bits per heavy atom. The number of rotatable bonds is 7. The van der Waals surface area contributed by atoms with Crippen LogP contribution in [0.5, 0.6) is 0 Å². The van der Waals surface area contributed by atoms with Gasteiger partial charge in [0, 0.05) is 58.3 Å². The van der Waals surface area contributed by atoms with Crippen LogP contribution in [0.25, 0.3) is 0 Å². The molecule has 0 spiro atoms. The van der Waals surface area contributed by atoms with Gasteiger partial charge >= 0.3 is 0 Å². The van der Waals surface area contributed by atoms with Gasteiger partial charge in [-0.2, -0.15) is 4.31 Å². The van der Waals surface area contributed by atoms with Crippen LogP contribution in [-0.2, 0) is 19.6 Å². The average molecular weight is 471 g/mol. The van der Waals surface area contributed by atoms with Gasteiger partial charge in [-0.3, -0.25) is 14.5 Å². The molecule has 0 saturated carbocycles. The molecular weight excluding hydrogens is 436 g/mol. The predicted octanol–water partition coefficient (Wildman–Crippen LogP) is 1.55. The minimum absolute atomic E-state index is 0.126. The van der Waals surface area contributed by atoms with Crippen molar-refractivity contribution in [3.05, 3.63) is 17.5 Å². The molecule has 0 unspecified atom stereocenters. The number of hydrogen-bond acceptors (Lipinski definition) is 6. The van der Waals surface area contributed by atoms with Crippen molar-refractivity contribution < 1.29 is 18.0 Å². The van der Waals surface area contributed by atoms with Gasteiger partial charge in [-0.1, -0.05) is 6.07 Å². The van der Waals surface area contributed by atoms with Crippen LogP contribution in [0.1, 0.15) is 33.1 Å². The van der Waals surface area contributed by atoms with Crippen LogP contribution in [-0.4, -0.2) is 98.1 Å². The Kier molecular flexibility index (Phi) is 8.49. The fourth-order valence-corrected chi connectivity index (χ4v) is 6.97. The van der Waals surface area contributed by atoms with Crippen molar-refractivity contribution in [2.24, 2.45) is 5.92 Å². The van der Waals surface area contributed by atoms with Crippen molar-refractivity contribution in [2.45, 2.75) is 37.3 Å². The lowest BCUT2D eigenvalue weighted by Crippen LogP contribution is -2.45. The van der Waals surface area contributed by atoms with E-state index in [-0.39, 0.29) is 17.7 Å². The van der Waals surface area contributed by atoms with Crippen molar-refractivity contribution >= 4 is 33.2 Å². The maximum atomic E-state index is 13.1. The molecule has 2 fully saturated rings. The number of carbonyl (C=O) groups excluding carboxylic acids is 2. The highest BCUT2D eigenvalue weighted by Gasteiger charge is 2.34. The summed E-state index contributed by atoms with van der Waals surface area (Å²) < 4.78 is 27.3. The van der Waals surface area contributed by atoms with E-state index in [0.29, 0.717) is 69.4 Å². The largest absolute Gasteiger partial charge is 0.342 e. The first-order chi connectivity index (χ1) is 14.9. The number of likely N-dealkylation sites (N-methyl/N-ethyl adjacent to an activating group) is 1. The average Bonchev–Trinajstić information content (AvgIpc) is 3.23. The van der Waals surface area contributed by atoms with Crippen LogP contribution >= 0.6 is 11.3 Å². The molecule has 2 aliphatic rings. The normalized spacial score (nSPS) is 19.9. The number of hydrogen-bond donors (Lipinski definition) is 0. The maximum absolute atomic E-state index is 13.1. The molecule has 174 valence electrons. The summed E-state index contributed by atoms with van der Waals surface area (Å²) in [5.41, 5.74) is 0. The van der Waals surface area contributed by atoms with Gasteiger partial charge in [-0.15, -0.1) is 11.3 Å². The summed E-state index contributed by atoms with van der Waals surface area (Å²) in [6.07, 6.45) is 1.97. The minimum Gasteiger partial charge on any atom is -0.342 e. The molecule has 0 aromatic carbocycles. The molecule has 3 heterocycles. The zero-order chi connectivity index (χ0) is 22.4. The van der Waals surface area contributed by atoms with E-state index in [1.165, 1.54) is 15.6 Å². The summed E-state index contributed by atoms with van der Waals surface area (Å²) in [6, 6.07) is 3.37. The first kappa shape index (κ1) is 24.2. The topological polar surface area (TPSA) is 81.2 Å². The van der Waals surface area contributed by atoms with E-state index in [2.05, 4.69) is 4.90 Å². The number of thiophene rings is 1. The first-order valence-corrected chi connectivity index (χ1v) is 13.5. The summed E-state index contributed by atoms with van der Waals surface area (Å²) in [7, 11) is -3.44. The third-order valence-corrected chi connectivity index (χ3v) is 9.54. The van der Waals surface area contributed by atoms with Gasteiger partial charge in [-0.05, 0) is 44.6 Å². The first-order valence-electron chi connectivity index (χ1n) is 11.2. The summed E-state index contributed by atoms with van der Waals surface area (Å²) in [5.74, 6) is 0.146. The van der Waals surface area contributed by atoms with Crippen molar-refractivity contribution in [3.63, 3.8) is 0 Å². The molecule has 1 aromatic heterocycles. The molecule has 0 atom stereocenters. The Morgan fingerprint density at radius 2 is 1.77 bits per heavy atom. The summed E-state index contributed by atoms with van der Waals surface area (Å²) in [5, 5.41) is 1.77. The van der Waals surface area contributed by atoms with Crippen LogP contribution < -0.4 is 0 Å². The highest BCUT2D eigenvalue weighted by atomic mass is 32.2. The van der Waals surface area contributed by atoms with Crippen molar-refractivity contribution in [1.82, 2.24) is 19.0 Å². The highest BCUT2D eigenvalue weighted by Crippen LogP contribution is 2.27. The van der Waals surface area contributed by atoms with Crippen molar-refractivity contribution in [1.29, 1.82) is 0 Å². The van der Waals surface area contributed by atoms with E-state index in [0.717, 1.165) is 13.0 Å². The van der Waals surface area contributed by atoms with Crippen molar-refractivity contribution in [3.8, 4) is 0 Å². The zero-order valence-electron chi connectivity index (χ0n) is 18.5. The lowest BCUT2D eigenvalue weighted by Gasteiger charge is -2.33. The number of nitrogens with zero attached hydrogens (tertiary/aromatic N) is 4. The molecule has 31 heavy (non-hydrogen) atoms. The molecule has 2 saturated heterocycles. The second kappa shape index (κ2) is 10.9. The second-order valence-electron chi connectivity index (χ2n) is 8.13. The van der Waals surface area contributed by atoms with E-state index >= 15 is 0 Å². The molecule has 10 heteroatoms. The lowest BCUT2D eigenvalue weighted by molar-refractivity contribution is -0.136. The summed E-state index contributed by atoms with van der Waals surface area (Å²) in [6.45, 7) is 9.41. The minimum atomic E-state index is -3.44. The molecule has 1 aromatic rings. The Balaban J connectivity index is 1.49. The van der Waals surface area contributed by atoms with Gasteiger partial charge < -0.3 is 9.80 Å². The van der Waals surface area contributed by atoms with Gasteiger partial charge in [0.2, 0.25) is 11.8 Å². The van der Waals surface area contributed by atoms with E-state index in [4.69, 9.17) is 0 Å². The Morgan fingerprint density at radius 1 is 1.06 bits per heavy atom. The number of sulfonamides is 1. The van der Waals surface area contributed by atoms with Gasteiger partial charge in [-0.25, -0.2) is 8.42 Å². The highest BCUT2D eigenvalue weighted by molar-refractivity contribution is 7.91. The summed E-state index contributed by atoms with van der Waals surface area (Å²) >= 11 is 1.23. The lowest BCUT2D eigenvalue weighted by atomic mass is 9.96. The van der Waals surface area contributed by atoms with Crippen LogP contribution in [0, 0.1) is 5.92 Å². The molecule has 0 aliphatic carbocycles. The Hall–Kier alpha value is -1.49. The molecule has 0 N–H and O–H groups in total. The fraction of sp³-hybridized carbons (Fsp3) is 0.714. The third-order valence-electron chi connectivity index (χ3n) is 6.27. The number of piperidine rings is 1. The quantitative estimate of drug-likeness (QED) is 0.604. The standard InChI is InChI=1S/C21H34N4O4S2/c1-3-23(4-2)19(26)17-22-10-6-11-24(15-14-22)21(27)18-8-12-25(13-9-18)31(28,29)20-7-5-16-30-20/h5,7,16,18H,3-4,6,8-15,17H2,1-2H3. The van der Waals surface area contributed by atoms with E-state index in [9.17, 15) is 18.0 Å². The molecule has 2 aliphatic heterocycles. The molecule has 8 nitrogen and oxygen atoms in total. The molecule has 0 bridgehead atoms. The monoisotopic (exact) mass is 470 g/mol.